The molecule has 0 fully saturated rings. The van der Waals surface area contributed by atoms with E-state index in [9.17, 15) is 4.39 Å². The van der Waals surface area contributed by atoms with Gasteiger partial charge in [0.2, 0.25) is 0 Å². The molecule has 0 radical (unpaired) electrons. The number of guanidine groups is 1. The Balaban J connectivity index is 0.00000400. The van der Waals surface area contributed by atoms with Crippen LogP contribution in [0.4, 0.5) is 4.39 Å². The minimum Gasteiger partial charge on any atom is -0.489 e. The largest absolute Gasteiger partial charge is 0.489 e. The normalized spacial score (nSPS) is 11.8. The molecule has 1 rings (SSSR count). The van der Waals surface area contributed by atoms with Crippen LogP contribution in [0, 0.1) is 18.2 Å². The summed E-state index contributed by atoms with van der Waals surface area (Å²) >= 11 is 0. The third-order valence-electron chi connectivity index (χ3n) is 2.36. The number of rotatable bonds is 6. The van der Waals surface area contributed by atoms with Gasteiger partial charge >= 0.3 is 0 Å². The van der Waals surface area contributed by atoms with Crippen molar-refractivity contribution in [2.75, 3.05) is 19.6 Å². The molecule has 0 amide bonds. The van der Waals surface area contributed by atoms with E-state index < -0.39 is 0 Å². The van der Waals surface area contributed by atoms with Gasteiger partial charge in [0.1, 0.15) is 17.7 Å². The van der Waals surface area contributed by atoms with Gasteiger partial charge in [0.05, 0.1) is 13.1 Å². The van der Waals surface area contributed by atoms with E-state index in [1.54, 1.807) is 12.1 Å². The maximum absolute atomic E-state index is 12.8. The Morgan fingerprint density at radius 1 is 1.38 bits per heavy atom. The van der Waals surface area contributed by atoms with Crippen LogP contribution in [0.25, 0.3) is 0 Å². The van der Waals surface area contributed by atoms with Crippen LogP contribution in [0.2, 0.25) is 0 Å². The second-order valence-electron chi connectivity index (χ2n) is 4.16. The standard InChI is InChI=1S/C15H20FN3O.HI/c1-4-10-18-15(17-5-2)19-11-12(3)20-14-8-6-13(16)7-9-14;/h1,6-9,12H,5,10-11H2,2-3H3,(H2,17,18,19);1H. The summed E-state index contributed by atoms with van der Waals surface area (Å²) in [6.45, 7) is 5.52. The number of terminal acetylenes is 1. The number of halogens is 2. The highest BCUT2D eigenvalue weighted by molar-refractivity contribution is 14.0. The Hall–Kier alpha value is -1.49. The second kappa shape index (κ2) is 11.2. The summed E-state index contributed by atoms with van der Waals surface area (Å²) in [5.41, 5.74) is 0. The van der Waals surface area contributed by atoms with Gasteiger partial charge in [0.15, 0.2) is 5.96 Å². The van der Waals surface area contributed by atoms with Crippen LogP contribution in [-0.4, -0.2) is 31.7 Å². The fourth-order valence-electron chi connectivity index (χ4n) is 1.48. The SMILES string of the molecule is C#CCNC(=NCC(C)Oc1ccc(F)cc1)NCC.I. The van der Waals surface area contributed by atoms with Crippen molar-refractivity contribution in [3.05, 3.63) is 30.1 Å². The minimum atomic E-state index is -0.282. The zero-order valence-corrected chi connectivity index (χ0v) is 14.6. The molecule has 0 aromatic heterocycles. The molecule has 0 heterocycles. The summed E-state index contributed by atoms with van der Waals surface area (Å²) < 4.78 is 18.4. The predicted octanol–water partition coefficient (Wildman–Crippen LogP) is 2.40. The van der Waals surface area contributed by atoms with Gasteiger partial charge in [-0.1, -0.05) is 5.92 Å². The van der Waals surface area contributed by atoms with Crippen molar-refractivity contribution in [3.8, 4) is 18.1 Å². The third-order valence-corrected chi connectivity index (χ3v) is 2.36. The smallest absolute Gasteiger partial charge is 0.192 e. The molecule has 0 spiro atoms. The van der Waals surface area contributed by atoms with Gasteiger partial charge in [-0.15, -0.1) is 30.4 Å². The third kappa shape index (κ3) is 8.40. The molecule has 0 aliphatic heterocycles. The lowest BCUT2D eigenvalue weighted by Crippen LogP contribution is -2.38. The Morgan fingerprint density at radius 2 is 2.05 bits per heavy atom. The zero-order chi connectivity index (χ0) is 14.8. The number of hydrogen-bond donors (Lipinski definition) is 2. The van der Waals surface area contributed by atoms with Crippen molar-refractivity contribution in [2.45, 2.75) is 20.0 Å². The molecule has 0 aliphatic carbocycles. The van der Waals surface area contributed by atoms with Crippen LogP contribution in [-0.2, 0) is 0 Å². The lowest BCUT2D eigenvalue weighted by atomic mass is 10.3. The Labute approximate surface area is 142 Å². The Kier molecular flexibility index (Phi) is 10.4. The van der Waals surface area contributed by atoms with Crippen LogP contribution in [0.1, 0.15) is 13.8 Å². The first-order valence-electron chi connectivity index (χ1n) is 6.53. The van der Waals surface area contributed by atoms with Gasteiger partial charge < -0.3 is 15.4 Å². The van der Waals surface area contributed by atoms with E-state index in [4.69, 9.17) is 11.2 Å². The van der Waals surface area contributed by atoms with Gasteiger partial charge in [0, 0.05) is 6.54 Å². The quantitative estimate of drug-likeness (QED) is 0.331. The van der Waals surface area contributed by atoms with Crippen molar-refractivity contribution in [3.63, 3.8) is 0 Å². The Bertz CT molecular complexity index is 471. The van der Waals surface area contributed by atoms with E-state index in [2.05, 4.69) is 21.5 Å². The molecule has 0 saturated carbocycles. The van der Waals surface area contributed by atoms with Crippen molar-refractivity contribution in [1.82, 2.24) is 10.6 Å². The summed E-state index contributed by atoms with van der Waals surface area (Å²) in [5, 5.41) is 6.08. The molecule has 21 heavy (non-hydrogen) atoms. The summed E-state index contributed by atoms with van der Waals surface area (Å²) in [7, 11) is 0. The molecule has 6 heteroatoms. The van der Waals surface area contributed by atoms with Crippen molar-refractivity contribution >= 4 is 29.9 Å². The summed E-state index contributed by atoms with van der Waals surface area (Å²) in [6.07, 6.45) is 5.07. The molecule has 1 atom stereocenters. The average molecular weight is 405 g/mol. The maximum atomic E-state index is 12.8. The van der Waals surface area contributed by atoms with Crippen LogP contribution in [0.5, 0.6) is 5.75 Å². The van der Waals surface area contributed by atoms with Crippen LogP contribution < -0.4 is 15.4 Å². The van der Waals surface area contributed by atoms with Crippen molar-refractivity contribution < 1.29 is 9.13 Å². The number of aliphatic imine (C=N–C) groups is 1. The highest BCUT2D eigenvalue weighted by atomic mass is 127. The topological polar surface area (TPSA) is 45.7 Å². The van der Waals surface area contributed by atoms with E-state index in [1.165, 1.54) is 12.1 Å². The lowest BCUT2D eigenvalue weighted by molar-refractivity contribution is 0.230. The molecule has 116 valence electrons. The fraction of sp³-hybridized carbons (Fsp3) is 0.400. The van der Waals surface area contributed by atoms with E-state index in [0.29, 0.717) is 24.8 Å². The van der Waals surface area contributed by atoms with E-state index in [1.807, 2.05) is 13.8 Å². The molecular weight excluding hydrogens is 384 g/mol. The number of ether oxygens (including phenoxy) is 1. The predicted molar refractivity (Wildman–Crippen MR) is 94.7 cm³/mol. The highest BCUT2D eigenvalue weighted by Gasteiger charge is 2.04. The first-order chi connectivity index (χ1) is 9.65. The van der Waals surface area contributed by atoms with Gasteiger partial charge in [0.25, 0.3) is 0 Å². The number of nitrogens with zero attached hydrogens (tertiary/aromatic N) is 1. The Morgan fingerprint density at radius 3 is 2.62 bits per heavy atom. The molecular formula is C15H21FIN3O. The van der Waals surface area contributed by atoms with E-state index in [-0.39, 0.29) is 35.9 Å². The average Bonchev–Trinajstić information content (AvgIpc) is 2.44. The first-order valence-corrected chi connectivity index (χ1v) is 6.53. The van der Waals surface area contributed by atoms with Crippen LogP contribution >= 0.6 is 24.0 Å². The van der Waals surface area contributed by atoms with Gasteiger partial charge in [-0.25, -0.2) is 9.38 Å². The maximum Gasteiger partial charge on any atom is 0.192 e. The highest BCUT2D eigenvalue weighted by Crippen LogP contribution is 2.12. The van der Waals surface area contributed by atoms with Gasteiger partial charge in [-0.2, -0.15) is 0 Å². The molecule has 1 unspecified atom stereocenters. The van der Waals surface area contributed by atoms with Crippen LogP contribution in [0.15, 0.2) is 29.3 Å². The van der Waals surface area contributed by atoms with E-state index >= 15 is 0 Å². The first kappa shape index (κ1) is 19.5. The summed E-state index contributed by atoms with van der Waals surface area (Å²) in [5.74, 6) is 3.48. The van der Waals surface area contributed by atoms with Crippen LogP contribution in [0.3, 0.4) is 0 Å². The molecule has 0 aliphatic rings. The van der Waals surface area contributed by atoms with Crippen molar-refractivity contribution in [1.29, 1.82) is 0 Å². The van der Waals surface area contributed by atoms with Crippen molar-refractivity contribution in [2.24, 2.45) is 4.99 Å². The zero-order valence-electron chi connectivity index (χ0n) is 12.2. The minimum absolute atomic E-state index is 0. The van der Waals surface area contributed by atoms with Gasteiger partial charge in [-0.05, 0) is 38.1 Å². The number of nitrogens with one attached hydrogen (secondary N) is 2. The molecule has 0 bridgehead atoms. The van der Waals surface area contributed by atoms with E-state index in [0.717, 1.165) is 6.54 Å². The lowest BCUT2D eigenvalue weighted by Gasteiger charge is -2.14. The molecule has 1 aromatic carbocycles. The number of hydrogen-bond acceptors (Lipinski definition) is 2. The number of benzene rings is 1. The molecule has 1 aromatic rings. The monoisotopic (exact) mass is 405 g/mol. The summed E-state index contributed by atoms with van der Waals surface area (Å²) in [4.78, 5) is 4.36. The van der Waals surface area contributed by atoms with Gasteiger partial charge in [-0.3, -0.25) is 0 Å². The molecule has 0 saturated heterocycles. The summed E-state index contributed by atoms with van der Waals surface area (Å²) in [6, 6.07) is 5.92. The fourth-order valence-corrected chi connectivity index (χ4v) is 1.48. The molecule has 2 N–H and O–H groups in total. The second-order valence-corrected chi connectivity index (χ2v) is 4.16. The molecule has 4 nitrogen and oxygen atoms in total.